The smallest absolute Gasteiger partial charge is 0.435 e. The summed E-state index contributed by atoms with van der Waals surface area (Å²) in [5, 5.41) is 19.1. The van der Waals surface area contributed by atoms with E-state index in [1.807, 2.05) is 0 Å². The molecule has 1 atom stereocenters. The molecule has 0 radical (unpaired) electrons. The van der Waals surface area contributed by atoms with Crippen molar-refractivity contribution in [3.05, 3.63) is 59.3 Å². The minimum absolute atomic E-state index is 0.0705. The average Bonchev–Trinajstić information content (AvgIpc) is 3.36. The summed E-state index contributed by atoms with van der Waals surface area (Å²) in [6.07, 6.45) is 2.25. The lowest BCUT2D eigenvalue weighted by Gasteiger charge is -2.21. The van der Waals surface area contributed by atoms with Crippen LogP contribution >= 0.6 is 0 Å². The van der Waals surface area contributed by atoms with E-state index in [9.17, 15) is 14.4 Å². The molecule has 0 spiro atoms. The SMILES string of the molecule is CC(C)(C)c1ccc2c(c1)CC[C@H]2NC(=O)Nc1cccc2c1cnn2C(=O)OCC(=O)O. The molecule has 1 aliphatic carbocycles. The summed E-state index contributed by atoms with van der Waals surface area (Å²) in [5.74, 6) is -1.26. The van der Waals surface area contributed by atoms with Crippen LogP contribution in [0, 0.1) is 0 Å². The topological polar surface area (TPSA) is 123 Å². The minimum Gasteiger partial charge on any atom is -0.479 e. The third-order valence-corrected chi connectivity index (χ3v) is 5.75. The molecule has 1 aliphatic rings. The zero-order valence-electron chi connectivity index (χ0n) is 18.7. The summed E-state index contributed by atoms with van der Waals surface area (Å²) in [4.78, 5) is 35.5. The summed E-state index contributed by atoms with van der Waals surface area (Å²) in [7, 11) is 0. The molecule has 2 amide bonds. The van der Waals surface area contributed by atoms with E-state index in [1.165, 1.54) is 17.3 Å². The van der Waals surface area contributed by atoms with Gasteiger partial charge in [0.25, 0.3) is 0 Å². The normalized spacial score (nSPS) is 15.2. The number of aliphatic carboxylic acids is 1. The molecule has 3 N–H and O–H groups in total. The largest absolute Gasteiger partial charge is 0.479 e. The molecule has 0 bridgehead atoms. The molecule has 2 aromatic carbocycles. The van der Waals surface area contributed by atoms with Gasteiger partial charge in [0.15, 0.2) is 6.61 Å². The summed E-state index contributed by atoms with van der Waals surface area (Å²) in [6.45, 7) is 5.78. The third-order valence-electron chi connectivity index (χ3n) is 5.75. The van der Waals surface area contributed by atoms with Gasteiger partial charge in [0, 0.05) is 5.39 Å². The first-order chi connectivity index (χ1) is 15.6. The number of nitrogens with zero attached hydrogens (tertiary/aromatic N) is 2. The van der Waals surface area contributed by atoms with Gasteiger partial charge in [0.2, 0.25) is 0 Å². The molecule has 9 nitrogen and oxygen atoms in total. The highest BCUT2D eigenvalue weighted by Gasteiger charge is 2.26. The van der Waals surface area contributed by atoms with Crippen molar-refractivity contribution in [2.45, 2.75) is 45.1 Å². The van der Waals surface area contributed by atoms with Crippen molar-refractivity contribution in [2.75, 3.05) is 11.9 Å². The standard InChI is InChI=1S/C24H26N4O5/c1-24(2,3)15-8-9-16-14(11-15)7-10-19(16)27-22(31)26-18-5-4-6-20-17(18)12-25-28(20)23(32)33-13-21(29)30/h4-6,8-9,11-12,19H,7,10,13H2,1-3H3,(H,29,30)(H2,26,27,31)/t19-/m1/s1. The molecule has 3 aromatic rings. The molecule has 33 heavy (non-hydrogen) atoms. The zero-order valence-corrected chi connectivity index (χ0v) is 18.7. The Bertz CT molecular complexity index is 1240. The van der Waals surface area contributed by atoms with Crippen LogP contribution in [0.5, 0.6) is 0 Å². The Hall–Kier alpha value is -3.88. The summed E-state index contributed by atoms with van der Waals surface area (Å²) >= 11 is 0. The van der Waals surface area contributed by atoms with Crippen molar-refractivity contribution in [1.29, 1.82) is 0 Å². The van der Waals surface area contributed by atoms with Crippen LogP contribution in [0.2, 0.25) is 0 Å². The van der Waals surface area contributed by atoms with Gasteiger partial charge in [-0.15, -0.1) is 0 Å². The number of nitrogens with one attached hydrogen (secondary N) is 2. The Morgan fingerprint density at radius 2 is 2.00 bits per heavy atom. The molecule has 0 unspecified atom stereocenters. The fraction of sp³-hybridized carbons (Fsp3) is 0.333. The molecule has 1 aromatic heterocycles. The minimum atomic E-state index is -1.26. The van der Waals surface area contributed by atoms with E-state index >= 15 is 0 Å². The van der Waals surface area contributed by atoms with Crippen molar-refractivity contribution >= 4 is 34.7 Å². The number of carboxylic acid groups (broad SMARTS) is 1. The second-order valence-corrected chi connectivity index (χ2v) is 9.10. The molecule has 9 heteroatoms. The number of ether oxygens (including phenoxy) is 1. The van der Waals surface area contributed by atoms with Crippen molar-refractivity contribution < 1.29 is 24.2 Å². The lowest BCUT2D eigenvalue weighted by Crippen LogP contribution is -2.31. The Morgan fingerprint density at radius 1 is 1.21 bits per heavy atom. The number of aryl methyl sites for hydroxylation is 1. The lowest BCUT2D eigenvalue weighted by molar-refractivity contribution is -0.140. The molecule has 4 rings (SSSR count). The molecule has 0 aliphatic heterocycles. The first-order valence-corrected chi connectivity index (χ1v) is 10.7. The number of carboxylic acids is 1. The maximum atomic E-state index is 12.8. The molecule has 0 fully saturated rings. The van der Waals surface area contributed by atoms with Gasteiger partial charge in [-0.1, -0.05) is 45.0 Å². The second-order valence-electron chi connectivity index (χ2n) is 9.10. The van der Waals surface area contributed by atoms with Gasteiger partial charge in [0.1, 0.15) is 0 Å². The molecule has 0 saturated carbocycles. The highest BCUT2D eigenvalue weighted by Crippen LogP contribution is 2.34. The summed E-state index contributed by atoms with van der Waals surface area (Å²) in [6, 6.07) is 11.0. The molecule has 1 heterocycles. The Morgan fingerprint density at radius 3 is 2.73 bits per heavy atom. The number of fused-ring (bicyclic) bond motifs is 2. The quantitative estimate of drug-likeness (QED) is 0.547. The number of anilines is 1. The van der Waals surface area contributed by atoms with Crippen LogP contribution in [-0.4, -0.2) is 39.6 Å². The van der Waals surface area contributed by atoms with Crippen LogP contribution in [0.15, 0.2) is 42.6 Å². The predicted octanol–water partition coefficient (Wildman–Crippen LogP) is 4.21. The van der Waals surface area contributed by atoms with Gasteiger partial charge in [-0.3, -0.25) is 0 Å². The van der Waals surface area contributed by atoms with Gasteiger partial charge in [-0.25, -0.2) is 14.4 Å². The van der Waals surface area contributed by atoms with Crippen LogP contribution in [0.4, 0.5) is 15.3 Å². The number of urea groups is 1. The van der Waals surface area contributed by atoms with Crippen molar-refractivity contribution in [2.24, 2.45) is 0 Å². The van der Waals surface area contributed by atoms with Crippen LogP contribution in [0.1, 0.15) is 49.9 Å². The summed E-state index contributed by atoms with van der Waals surface area (Å²) < 4.78 is 5.65. The highest BCUT2D eigenvalue weighted by molar-refractivity contribution is 6.02. The number of carbonyl (C=O) groups excluding carboxylic acids is 2. The van der Waals surface area contributed by atoms with E-state index in [-0.39, 0.29) is 17.5 Å². The Balaban J connectivity index is 1.47. The van der Waals surface area contributed by atoms with Crippen LogP contribution in [0.3, 0.4) is 0 Å². The lowest BCUT2D eigenvalue weighted by atomic mass is 9.85. The van der Waals surface area contributed by atoms with Crippen LogP contribution in [-0.2, 0) is 21.4 Å². The average molecular weight is 450 g/mol. The number of rotatable bonds is 4. The van der Waals surface area contributed by atoms with E-state index in [4.69, 9.17) is 9.84 Å². The zero-order chi connectivity index (χ0) is 23.8. The maximum absolute atomic E-state index is 12.8. The van der Waals surface area contributed by atoms with Gasteiger partial charge in [-0.2, -0.15) is 9.78 Å². The van der Waals surface area contributed by atoms with E-state index in [0.29, 0.717) is 16.6 Å². The fourth-order valence-electron chi connectivity index (χ4n) is 4.04. The predicted molar refractivity (Wildman–Crippen MR) is 122 cm³/mol. The number of benzene rings is 2. The Labute approximate surface area is 190 Å². The molecule has 0 saturated heterocycles. The van der Waals surface area contributed by atoms with E-state index in [1.54, 1.807) is 18.2 Å². The van der Waals surface area contributed by atoms with E-state index < -0.39 is 18.7 Å². The number of aromatic nitrogens is 2. The number of hydrogen-bond acceptors (Lipinski definition) is 5. The third kappa shape index (κ3) is 4.67. The van der Waals surface area contributed by atoms with Crippen molar-refractivity contribution in [1.82, 2.24) is 15.1 Å². The number of hydrogen-bond donors (Lipinski definition) is 3. The van der Waals surface area contributed by atoms with Gasteiger partial charge in [-0.05, 0) is 47.1 Å². The first-order valence-electron chi connectivity index (χ1n) is 10.7. The second kappa shape index (κ2) is 8.57. The number of carbonyl (C=O) groups is 3. The van der Waals surface area contributed by atoms with Crippen LogP contribution in [0.25, 0.3) is 10.9 Å². The molecular formula is C24H26N4O5. The first kappa shape index (κ1) is 22.3. The van der Waals surface area contributed by atoms with Gasteiger partial charge < -0.3 is 20.5 Å². The molecular weight excluding hydrogens is 424 g/mol. The van der Waals surface area contributed by atoms with Gasteiger partial charge in [0.05, 0.1) is 23.4 Å². The monoisotopic (exact) mass is 450 g/mol. The summed E-state index contributed by atoms with van der Waals surface area (Å²) in [5.41, 5.74) is 4.60. The fourth-order valence-corrected chi connectivity index (χ4v) is 4.04. The van der Waals surface area contributed by atoms with Crippen molar-refractivity contribution in [3.8, 4) is 0 Å². The maximum Gasteiger partial charge on any atom is 0.435 e. The number of amides is 2. The van der Waals surface area contributed by atoms with Crippen molar-refractivity contribution in [3.63, 3.8) is 0 Å². The highest BCUT2D eigenvalue weighted by atomic mass is 16.6. The molecule has 172 valence electrons. The van der Waals surface area contributed by atoms with Gasteiger partial charge >= 0.3 is 18.1 Å². The van der Waals surface area contributed by atoms with E-state index in [2.05, 4.69) is 54.7 Å². The van der Waals surface area contributed by atoms with E-state index in [0.717, 1.165) is 23.1 Å². The van der Waals surface area contributed by atoms with Crippen LogP contribution < -0.4 is 10.6 Å². The Kier molecular flexibility index (Phi) is 5.80.